The van der Waals surface area contributed by atoms with Crippen molar-refractivity contribution in [1.82, 2.24) is 10.2 Å². The largest absolute Gasteiger partial charge is 0.395 e. The maximum atomic E-state index is 13.5. The van der Waals surface area contributed by atoms with E-state index in [2.05, 4.69) is 5.32 Å². The molecule has 126 valence electrons. The van der Waals surface area contributed by atoms with Gasteiger partial charge in [0.05, 0.1) is 6.61 Å². The molecule has 0 aliphatic rings. The number of nitrogens with zero attached hydrogens (tertiary/aromatic N) is 1. The molecule has 0 aliphatic carbocycles. The summed E-state index contributed by atoms with van der Waals surface area (Å²) in [6, 6.07) is 15.2. The van der Waals surface area contributed by atoms with E-state index in [-0.39, 0.29) is 26.2 Å². The lowest BCUT2D eigenvalue weighted by molar-refractivity contribution is -0.146. The summed E-state index contributed by atoms with van der Waals surface area (Å²) in [5.74, 6) is -2.03. The van der Waals surface area contributed by atoms with Crippen LogP contribution < -0.4 is 5.32 Å². The standard InChI is InChI=1S/C18H19FN2O3/c19-16-9-5-4-8-15(16)12-20-17(23)18(24)21(10-11-22)13-14-6-2-1-3-7-14/h1-9,22H,10-13H2,(H,20,23). The predicted molar refractivity (Wildman–Crippen MR) is 87.2 cm³/mol. The molecule has 0 atom stereocenters. The van der Waals surface area contributed by atoms with Crippen LogP contribution in [0, 0.1) is 5.82 Å². The van der Waals surface area contributed by atoms with Crippen LogP contribution in [0.3, 0.4) is 0 Å². The number of amides is 2. The van der Waals surface area contributed by atoms with Gasteiger partial charge in [-0.25, -0.2) is 4.39 Å². The Morgan fingerprint density at radius 2 is 1.71 bits per heavy atom. The van der Waals surface area contributed by atoms with E-state index in [9.17, 15) is 14.0 Å². The van der Waals surface area contributed by atoms with Crippen molar-refractivity contribution in [2.24, 2.45) is 0 Å². The number of halogens is 1. The van der Waals surface area contributed by atoms with E-state index < -0.39 is 17.6 Å². The number of nitrogens with one attached hydrogen (secondary N) is 1. The summed E-state index contributed by atoms with van der Waals surface area (Å²) in [4.78, 5) is 25.5. The zero-order valence-corrected chi connectivity index (χ0v) is 13.1. The number of benzene rings is 2. The monoisotopic (exact) mass is 330 g/mol. The molecular weight excluding hydrogens is 311 g/mol. The molecule has 0 saturated carbocycles. The highest BCUT2D eigenvalue weighted by molar-refractivity contribution is 6.34. The fourth-order valence-corrected chi connectivity index (χ4v) is 2.21. The third-order valence-electron chi connectivity index (χ3n) is 3.46. The Hall–Kier alpha value is -2.73. The van der Waals surface area contributed by atoms with Crippen molar-refractivity contribution >= 4 is 11.8 Å². The number of carbonyl (C=O) groups is 2. The molecule has 2 aromatic carbocycles. The summed E-state index contributed by atoms with van der Waals surface area (Å²) in [6.45, 7) is -0.0666. The van der Waals surface area contributed by atoms with Crippen LogP contribution in [0.2, 0.25) is 0 Å². The lowest BCUT2D eigenvalue weighted by Gasteiger charge is -2.21. The third kappa shape index (κ3) is 4.89. The average molecular weight is 330 g/mol. The maximum Gasteiger partial charge on any atom is 0.312 e. The Morgan fingerprint density at radius 1 is 1.04 bits per heavy atom. The molecule has 0 bridgehead atoms. The Labute approximate surface area is 139 Å². The van der Waals surface area contributed by atoms with Crippen LogP contribution in [0.1, 0.15) is 11.1 Å². The summed E-state index contributed by atoms with van der Waals surface area (Å²) in [7, 11) is 0. The molecule has 0 radical (unpaired) electrons. The Kier molecular flexibility index (Phi) is 6.45. The number of hydrogen-bond acceptors (Lipinski definition) is 3. The molecule has 0 fully saturated rings. The second kappa shape index (κ2) is 8.79. The van der Waals surface area contributed by atoms with Crippen LogP contribution in [0.5, 0.6) is 0 Å². The van der Waals surface area contributed by atoms with Gasteiger partial charge < -0.3 is 15.3 Å². The molecule has 0 saturated heterocycles. The normalized spacial score (nSPS) is 10.2. The van der Waals surface area contributed by atoms with Crippen LogP contribution in [-0.2, 0) is 22.7 Å². The van der Waals surface area contributed by atoms with Gasteiger partial charge in [-0.3, -0.25) is 9.59 Å². The van der Waals surface area contributed by atoms with Crippen molar-refractivity contribution in [2.75, 3.05) is 13.2 Å². The van der Waals surface area contributed by atoms with Crippen LogP contribution in [0.25, 0.3) is 0 Å². The summed E-state index contributed by atoms with van der Waals surface area (Å²) in [5.41, 5.74) is 1.15. The highest BCUT2D eigenvalue weighted by Crippen LogP contribution is 2.07. The second-order valence-electron chi connectivity index (χ2n) is 5.21. The molecule has 0 heterocycles. The minimum Gasteiger partial charge on any atom is -0.395 e. The van der Waals surface area contributed by atoms with Gasteiger partial charge in [-0.15, -0.1) is 0 Å². The van der Waals surface area contributed by atoms with Crippen LogP contribution in [-0.4, -0.2) is 35.0 Å². The van der Waals surface area contributed by atoms with Gasteiger partial charge in [0.15, 0.2) is 0 Å². The van der Waals surface area contributed by atoms with Gasteiger partial charge in [-0.05, 0) is 11.6 Å². The third-order valence-corrected chi connectivity index (χ3v) is 3.46. The fraction of sp³-hybridized carbons (Fsp3) is 0.222. The molecule has 0 aromatic heterocycles. The average Bonchev–Trinajstić information content (AvgIpc) is 2.60. The van der Waals surface area contributed by atoms with Gasteiger partial charge >= 0.3 is 11.8 Å². The molecule has 2 amide bonds. The van der Waals surface area contributed by atoms with Gasteiger partial charge in [0.25, 0.3) is 0 Å². The summed E-state index contributed by atoms with van der Waals surface area (Å²) < 4.78 is 13.5. The zero-order valence-electron chi connectivity index (χ0n) is 13.1. The lowest BCUT2D eigenvalue weighted by Crippen LogP contribution is -2.43. The summed E-state index contributed by atoms with van der Waals surface area (Å²) in [5, 5.41) is 11.5. The number of rotatable bonds is 6. The number of aliphatic hydroxyl groups is 1. The minimum absolute atomic E-state index is 0.0425. The van der Waals surface area contributed by atoms with Gasteiger partial charge in [0.2, 0.25) is 0 Å². The molecule has 2 aromatic rings. The van der Waals surface area contributed by atoms with Gasteiger partial charge in [-0.1, -0.05) is 48.5 Å². The van der Waals surface area contributed by atoms with E-state index in [0.717, 1.165) is 5.56 Å². The first-order valence-corrected chi connectivity index (χ1v) is 7.57. The summed E-state index contributed by atoms with van der Waals surface area (Å²) in [6.07, 6.45) is 0. The molecule has 6 heteroatoms. The van der Waals surface area contributed by atoms with Gasteiger partial charge in [0.1, 0.15) is 5.82 Å². The Morgan fingerprint density at radius 3 is 2.38 bits per heavy atom. The fourth-order valence-electron chi connectivity index (χ4n) is 2.21. The molecular formula is C18H19FN2O3. The SMILES string of the molecule is O=C(NCc1ccccc1F)C(=O)N(CCO)Cc1ccccc1. The number of carbonyl (C=O) groups excluding carboxylic acids is 2. The van der Waals surface area contributed by atoms with Crippen LogP contribution in [0.4, 0.5) is 4.39 Å². The van der Waals surface area contributed by atoms with Crippen LogP contribution in [0.15, 0.2) is 54.6 Å². The first kappa shape index (κ1) is 17.6. The molecule has 24 heavy (non-hydrogen) atoms. The molecule has 0 spiro atoms. The van der Waals surface area contributed by atoms with E-state index in [1.54, 1.807) is 12.1 Å². The van der Waals surface area contributed by atoms with E-state index in [4.69, 9.17) is 5.11 Å². The second-order valence-corrected chi connectivity index (χ2v) is 5.21. The number of aliphatic hydroxyl groups excluding tert-OH is 1. The Balaban J connectivity index is 1.98. The van der Waals surface area contributed by atoms with Gasteiger partial charge in [0, 0.05) is 25.2 Å². The van der Waals surface area contributed by atoms with Gasteiger partial charge in [-0.2, -0.15) is 0 Å². The van der Waals surface area contributed by atoms with E-state index >= 15 is 0 Å². The molecule has 5 nitrogen and oxygen atoms in total. The topological polar surface area (TPSA) is 69.6 Å². The van der Waals surface area contributed by atoms with E-state index in [1.165, 1.54) is 17.0 Å². The molecule has 0 unspecified atom stereocenters. The number of hydrogen-bond donors (Lipinski definition) is 2. The van der Waals surface area contributed by atoms with Crippen molar-refractivity contribution in [3.05, 3.63) is 71.5 Å². The molecule has 2 N–H and O–H groups in total. The first-order chi connectivity index (χ1) is 11.6. The van der Waals surface area contributed by atoms with E-state index in [0.29, 0.717) is 5.56 Å². The summed E-state index contributed by atoms with van der Waals surface area (Å²) >= 11 is 0. The smallest absolute Gasteiger partial charge is 0.312 e. The quantitative estimate of drug-likeness (QED) is 0.788. The molecule has 2 rings (SSSR count). The highest BCUT2D eigenvalue weighted by Gasteiger charge is 2.21. The maximum absolute atomic E-state index is 13.5. The van der Waals surface area contributed by atoms with Crippen molar-refractivity contribution in [3.63, 3.8) is 0 Å². The first-order valence-electron chi connectivity index (χ1n) is 7.57. The molecule has 0 aliphatic heterocycles. The minimum atomic E-state index is -0.831. The van der Waals surface area contributed by atoms with Crippen molar-refractivity contribution in [2.45, 2.75) is 13.1 Å². The van der Waals surface area contributed by atoms with Crippen molar-refractivity contribution in [1.29, 1.82) is 0 Å². The lowest BCUT2D eigenvalue weighted by atomic mass is 10.2. The van der Waals surface area contributed by atoms with Crippen molar-refractivity contribution < 1.29 is 19.1 Å². The van der Waals surface area contributed by atoms with Crippen molar-refractivity contribution in [3.8, 4) is 0 Å². The zero-order chi connectivity index (χ0) is 17.4. The van der Waals surface area contributed by atoms with E-state index in [1.807, 2.05) is 30.3 Å². The highest BCUT2D eigenvalue weighted by atomic mass is 19.1. The Bertz CT molecular complexity index is 692. The predicted octanol–water partition coefficient (Wildman–Crippen LogP) is 1.46. The van der Waals surface area contributed by atoms with Crippen LogP contribution >= 0.6 is 0 Å².